The normalized spacial score (nSPS) is 14.4. The molecule has 2 heteroatoms. The van der Waals surface area contributed by atoms with Crippen molar-refractivity contribution in [2.75, 3.05) is 19.0 Å². The fraction of sp³-hybridized carbons (Fsp3) is 0.800. The molecule has 0 fully saturated rings. The minimum atomic E-state index is 0.582. The smallest absolute Gasteiger partial charge is 0.0647 e. The van der Waals surface area contributed by atoms with E-state index in [1.54, 1.807) is 0 Å². The van der Waals surface area contributed by atoms with E-state index in [1.807, 2.05) is 19.1 Å². The van der Waals surface area contributed by atoms with Gasteiger partial charge in [0.1, 0.15) is 0 Å². The molecule has 0 heterocycles. The highest BCUT2D eigenvalue weighted by molar-refractivity contribution is 7.80. The maximum Gasteiger partial charge on any atom is 0.0647 e. The van der Waals surface area contributed by atoms with E-state index in [2.05, 4.69) is 26.5 Å². The van der Waals surface area contributed by atoms with Crippen LogP contribution >= 0.6 is 12.6 Å². The van der Waals surface area contributed by atoms with Crippen LogP contribution in [0.2, 0.25) is 0 Å². The number of thiol groups is 1. The molecule has 0 aromatic carbocycles. The molecular weight excluding hydrogens is 168 g/mol. The summed E-state index contributed by atoms with van der Waals surface area (Å²) in [4.78, 5) is 0. The van der Waals surface area contributed by atoms with E-state index in [1.165, 1.54) is 0 Å². The summed E-state index contributed by atoms with van der Waals surface area (Å²) in [5.74, 6) is 2.15. The van der Waals surface area contributed by atoms with Gasteiger partial charge in [-0.2, -0.15) is 12.6 Å². The summed E-state index contributed by atoms with van der Waals surface area (Å²) >= 11 is 4.28. The predicted octanol–water partition coefficient (Wildman–Crippen LogP) is 2.78. The molecule has 0 spiro atoms. The van der Waals surface area contributed by atoms with Crippen molar-refractivity contribution in [1.82, 2.24) is 0 Å². The van der Waals surface area contributed by atoms with Gasteiger partial charge in [-0.05, 0) is 24.5 Å². The van der Waals surface area contributed by atoms with Crippen LogP contribution in [-0.2, 0) is 4.74 Å². The van der Waals surface area contributed by atoms with Crippen molar-refractivity contribution in [3.8, 4) is 0 Å². The first-order chi connectivity index (χ1) is 5.72. The molecule has 1 atom stereocenters. The van der Waals surface area contributed by atoms with Gasteiger partial charge < -0.3 is 4.74 Å². The standard InChI is InChI=1S/C10H20OS/c1-4-5-6-11-7-10(8-12)9(2)3/h4-5,9-10,12H,6-8H2,1-3H3. The third kappa shape index (κ3) is 5.67. The van der Waals surface area contributed by atoms with E-state index < -0.39 is 0 Å². The Hall–Kier alpha value is 0.0500. The zero-order valence-corrected chi connectivity index (χ0v) is 9.18. The molecule has 0 amide bonds. The van der Waals surface area contributed by atoms with Gasteiger partial charge >= 0.3 is 0 Å². The third-order valence-corrected chi connectivity index (χ3v) is 2.43. The molecule has 0 aromatic rings. The molecule has 0 N–H and O–H groups in total. The zero-order chi connectivity index (χ0) is 9.40. The predicted molar refractivity (Wildman–Crippen MR) is 57.8 cm³/mol. The number of ether oxygens (including phenoxy) is 1. The Morgan fingerprint density at radius 1 is 1.42 bits per heavy atom. The van der Waals surface area contributed by atoms with Gasteiger partial charge in [0.25, 0.3) is 0 Å². The van der Waals surface area contributed by atoms with Crippen molar-refractivity contribution >= 4 is 12.6 Å². The van der Waals surface area contributed by atoms with Gasteiger partial charge in [0.05, 0.1) is 13.2 Å². The van der Waals surface area contributed by atoms with Crippen molar-refractivity contribution in [2.45, 2.75) is 20.8 Å². The number of allylic oxidation sites excluding steroid dienone is 1. The van der Waals surface area contributed by atoms with E-state index in [4.69, 9.17) is 4.74 Å². The van der Waals surface area contributed by atoms with E-state index in [0.717, 1.165) is 19.0 Å². The van der Waals surface area contributed by atoms with Gasteiger partial charge in [0.2, 0.25) is 0 Å². The minimum absolute atomic E-state index is 0.582. The maximum atomic E-state index is 5.45. The topological polar surface area (TPSA) is 9.23 Å². The van der Waals surface area contributed by atoms with Crippen molar-refractivity contribution in [2.24, 2.45) is 11.8 Å². The van der Waals surface area contributed by atoms with E-state index >= 15 is 0 Å². The first-order valence-electron chi connectivity index (χ1n) is 4.52. The molecule has 0 aliphatic carbocycles. The largest absolute Gasteiger partial charge is 0.377 e. The Morgan fingerprint density at radius 2 is 2.08 bits per heavy atom. The number of hydrogen-bond donors (Lipinski definition) is 1. The zero-order valence-electron chi connectivity index (χ0n) is 8.29. The lowest BCUT2D eigenvalue weighted by Crippen LogP contribution is -2.17. The molecule has 0 aliphatic rings. The van der Waals surface area contributed by atoms with Crippen LogP contribution < -0.4 is 0 Å². The SMILES string of the molecule is CC=CCOCC(CS)C(C)C. The first-order valence-corrected chi connectivity index (χ1v) is 5.15. The molecule has 0 radical (unpaired) electrons. The van der Waals surface area contributed by atoms with Crippen LogP contribution in [0.15, 0.2) is 12.2 Å². The van der Waals surface area contributed by atoms with Crippen LogP contribution in [0.1, 0.15) is 20.8 Å². The summed E-state index contributed by atoms with van der Waals surface area (Å²) < 4.78 is 5.45. The summed E-state index contributed by atoms with van der Waals surface area (Å²) in [7, 11) is 0. The Labute approximate surface area is 81.6 Å². The second kappa shape index (κ2) is 7.69. The fourth-order valence-electron chi connectivity index (χ4n) is 0.840. The fourth-order valence-corrected chi connectivity index (χ4v) is 1.37. The molecule has 72 valence electrons. The molecule has 0 bridgehead atoms. The second-order valence-electron chi connectivity index (χ2n) is 3.29. The van der Waals surface area contributed by atoms with Crippen LogP contribution in [0.5, 0.6) is 0 Å². The summed E-state index contributed by atoms with van der Waals surface area (Å²) in [6.45, 7) is 7.97. The summed E-state index contributed by atoms with van der Waals surface area (Å²) in [6.07, 6.45) is 4.03. The maximum absolute atomic E-state index is 5.45. The Morgan fingerprint density at radius 3 is 2.50 bits per heavy atom. The van der Waals surface area contributed by atoms with E-state index in [-0.39, 0.29) is 0 Å². The molecule has 0 saturated heterocycles. The minimum Gasteiger partial charge on any atom is -0.377 e. The van der Waals surface area contributed by atoms with Gasteiger partial charge in [0.15, 0.2) is 0 Å². The van der Waals surface area contributed by atoms with Crippen molar-refractivity contribution in [3.63, 3.8) is 0 Å². The lowest BCUT2D eigenvalue weighted by molar-refractivity contribution is 0.113. The third-order valence-electron chi connectivity index (χ3n) is 1.96. The van der Waals surface area contributed by atoms with Gasteiger partial charge in [-0.25, -0.2) is 0 Å². The first kappa shape index (κ1) is 12.0. The van der Waals surface area contributed by atoms with Gasteiger partial charge in [-0.3, -0.25) is 0 Å². The van der Waals surface area contributed by atoms with E-state index in [9.17, 15) is 0 Å². The number of rotatable bonds is 6. The van der Waals surface area contributed by atoms with Crippen LogP contribution in [0, 0.1) is 11.8 Å². The van der Waals surface area contributed by atoms with Gasteiger partial charge in [-0.1, -0.05) is 26.0 Å². The Bertz CT molecular complexity index is 121. The van der Waals surface area contributed by atoms with Gasteiger partial charge in [-0.15, -0.1) is 0 Å². The molecule has 0 aliphatic heterocycles. The van der Waals surface area contributed by atoms with Crippen molar-refractivity contribution < 1.29 is 4.74 Å². The quantitative estimate of drug-likeness (QED) is 0.383. The van der Waals surface area contributed by atoms with Crippen LogP contribution in [0.25, 0.3) is 0 Å². The Kier molecular flexibility index (Phi) is 7.72. The molecule has 0 saturated carbocycles. The van der Waals surface area contributed by atoms with Gasteiger partial charge in [0, 0.05) is 0 Å². The van der Waals surface area contributed by atoms with Crippen LogP contribution in [-0.4, -0.2) is 19.0 Å². The van der Waals surface area contributed by atoms with Crippen molar-refractivity contribution in [3.05, 3.63) is 12.2 Å². The molecule has 0 rings (SSSR count). The highest BCUT2D eigenvalue weighted by Gasteiger charge is 2.10. The van der Waals surface area contributed by atoms with Crippen LogP contribution in [0.3, 0.4) is 0 Å². The average molecular weight is 188 g/mol. The number of hydrogen-bond acceptors (Lipinski definition) is 2. The molecule has 0 aromatic heterocycles. The average Bonchev–Trinajstić information content (AvgIpc) is 2.04. The molecule has 1 nitrogen and oxygen atoms in total. The van der Waals surface area contributed by atoms with Crippen LogP contribution in [0.4, 0.5) is 0 Å². The Balaban J connectivity index is 3.45. The molecule has 12 heavy (non-hydrogen) atoms. The highest BCUT2D eigenvalue weighted by Crippen LogP contribution is 2.12. The lowest BCUT2D eigenvalue weighted by Gasteiger charge is -2.17. The summed E-state index contributed by atoms with van der Waals surface area (Å²) in [5, 5.41) is 0. The van der Waals surface area contributed by atoms with Crippen molar-refractivity contribution in [1.29, 1.82) is 0 Å². The lowest BCUT2D eigenvalue weighted by atomic mass is 9.99. The monoisotopic (exact) mass is 188 g/mol. The molecule has 1 unspecified atom stereocenters. The summed E-state index contributed by atoms with van der Waals surface area (Å²) in [5.41, 5.74) is 0. The summed E-state index contributed by atoms with van der Waals surface area (Å²) in [6, 6.07) is 0. The van der Waals surface area contributed by atoms with E-state index in [0.29, 0.717) is 11.8 Å². The molecular formula is C10H20OS. The highest BCUT2D eigenvalue weighted by atomic mass is 32.1. The second-order valence-corrected chi connectivity index (χ2v) is 3.66.